The molecule has 0 unspecified atom stereocenters. The summed E-state index contributed by atoms with van der Waals surface area (Å²) >= 11 is 3.30. The Bertz CT molecular complexity index is 760. The van der Waals surface area contributed by atoms with Gasteiger partial charge in [-0.1, -0.05) is 28.1 Å². The fraction of sp³-hybridized carbons (Fsp3) is 0.167. The number of aldehydes is 1. The molecule has 0 radical (unpaired) electrons. The van der Waals surface area contributed by atoms with Crippen LogP contribution in [-0.2, 0) is 14.3 Å². The van der Waals surface area contributed by atoms with Crippen molar-refractivity contribution in [3.8, 4) is 5.75 Å². The van der Waals surface area contributed by atoms with E-state index in [4.69, 9.17) is 9.47 Å². The summed E-state index contributed by atoms with van der Waals surface area (Å²) in [5, 5.41) is 2.64. The molecular formula is C18H16BrNO5. The predicted molar refractivity (Wildman–Crippen MR) is 95.7 cm³/mol. The van der Waals surface area contributed by atoms with Gasteiger partial charge in [0.1, 0.15) is 5.75 Å². The van der Waals surface area contributed by atoms with Crippen LogP contribution in [0.25, 0.3) is 0 Å². The third-order valence-corrected chi connectivity index (χ3v) is 3.71. The molecule has 0 aliphatic rings. The van der Waals surface area contributed by atoms with Gasteiger partial charge in [0.15, 0.2) is 19.0 Å². The van der Waals surface area contributed by atoms with Crippen molar-refractivity contribution in [3.05, 3.63) is 58.6 Å². The van der Waals surface area contributed by atoms with Crippen LogP contribution in [-0.4, -0.2) is 30.9 Å². The van der Waals surface area contributed by atoms with Crippen LogP contribution in [0.5, 0.6) is 5.75 Å². The zero-order valence-corrected chi connectivity index (χ0v) is 15.0. The Hall–Kier alpha value is -2.67. The number of anilines is 1. The fourth-order valence-electron chi connectivity index (χ4n) is 1.91. The SMILES string of the molecule is C[C@H](OC(=O)COc1ccccc1C=O)C(=O)Nc1ccc(Br)cc1. The number of para-hydroxylation sites is 1. The van der Waals surface area contributed by atoms with Crippen LogP contribution < -0.4 is 10.1 Å². The maximum Gasteiger partial charge on any atom is 0.344 e. The first-order chi connectivity index (χ1) is 12.0. The lowest BCUT2D eigenvalue weighted by molar-refractivity contribution is -0.155. The van der Waals surface area contributed by atoms with Crippen LogP contribution in [0.1, 0.15) is 17.3 Å². The van der Waals surface area contributed by atoms with Gasteiger partial charge in [-0.2, -0.15) is 0 Å². The average Bonchev–Trinajstić information content (AvgIpc) is 2.62. The highest BCUT2D eigenvalue weighted by molar-refractivity contribution is 9.10. The number of carbonyl (C=O) groups excluding carboxylic acids is 3. The van der Waals surface area contributed by atoms with E-state index in [9.17, 15) is 14.4 Å². The second kappa shape index (κ2) is 8.98. The normalized spacial score (nSPS) is 11.3. The van der Waals surface area contributed by atoms with Gasteiger partial charge in [-0.05, 0) is 43.3 Å². The molecule has 0 aliphatic carbocycles. The Kier molecular flexibility index (Phi) is 6.71. The van der Waals surface area contributed by atoms with Crippen molar-refractivity contribution in [3.63, 3.8) is 0 Å². The Balaban J connectivity index is 1.83. The topological polar surface area (TPSA) is 81.7 Å². The van der Waals surface area contributed by atoms with Gasteiger partial charge in [0.25, 0.3) is 5.91 Å². The minimum atomic E-state index is -0.985. The number of amides is 1. The molecular weight excluding hydrogens is 390 g/mol. The largest absolute Gasteiger partial charge is 0.481 e. The average molecular weight is 406 g/mol. The van der Waals surface area contributed by atoms with Crippen LogP contribution in [0.3, 0.4) is 0 Å². The molecule has 0 spiro atoms. The number of hydrogen-bond acceptors (Lipinski definition) is 5. The number of ether oxygens (including phenoxy) is 2. The van der Waals surface area contributed by atoms with E-state index in [1.165, 1.54) is 6.92 Å². The number of halogens is 1. The van der Waals surface area contributed by atoms with E-state index in [0.29, 0.717) is 17.5 Å². The molecule has 0 fully saturated rings. The van der Waals surface area contributed by atoms with Crippen LogP contribution in [0, 0.1) is 0 Å². The zero-order valence-electron chi connectivity index (χ0n) is 13.4. The molecule has 1 amide bonds. The number of hydrogen-bond donors (Lipinski definition) is 1. The van der Waals surface area contributed by atoms with Gasteiger partial charge in [-0.15, -0.1) is 0 Å². The summed E-state index contributed by atoms with van der Waals surface area (Å²) in [4.78, 5) is 34.7. The first-order valence-corrected chi connectivity index (χ1v) is 8.22. The van der Waals surface area contributed by atoms with Crippen molar-refractivity contribution in [2.45, 2.75) is 13.0 Å². The van der Waals surface area contributed by atoms with E-state index in [2.05, 4.69) is 21.2 Å². The molecule has 0 heterocycles. The summed E-state index contributed by atoms with van der Waals surface area (Å²) in [6.07, 6.45) is -0.351. The van der Waals surface area contributed by atoms with Crippen LogP contribution >= 0.6 is 15.9 Å². The van der Waals surface area contributed by atoms with Gasteiger partial charge in [0.2, 0.25) is 0 Å². The number of rotatable bonds is 7. The van der Waals surface area contributed by atoms with E-state index < -0.39 is 24.6 Å². The fourth-order valence-corrected chi connectivity index (χ4v) is 2.17. The van der Waals surface area contributed by atoms with E-state index in [-0.39, 0.29) is 5.75 Å². The van der Waals surface area contributed by atoms with Gasteiger partial charge in [0, 0.05) is 10.2 Å². The van der Waals surface area contributed by atoms with Crippen LogP contribution in [0.4, 0.5) is 5.69 Å². The van der Waals surface area contributed by atoms with Crippen LogP contribution in [0.15, 0.2) is 53.0 Å². The standard InChI is InChI=1S/C18H16BrNO5/c1-12(18(23)20-15-8-6-14(19)7-9-15)25-17(22)11-24-16-5-3-2-4-13(16)10-21/h2-10,12H,11H2,1H3,(H,20,23)/t12-/m0/s1. The second-order valence-electron chi connectivity index (χ2n) is 5.07. The maximum atomic E-state index is 12.0. The number of benzene rings is 2. The molecule has 2 rings (SSSR count). The number of carbonyl (C=O) groups is 3. The predicted octanol–water partition coefficient (Wildman–Crippen LogP) is 3.21. The van der Waals surface area contributed by atoms with Gasteiger partial charge in [-0.3, -0.25) is 9.59 Å². The third kappa shape index (κ3) is 5.72. The zero-order chi connectivity index (χ0) is 18.2. The first kappa shape index (κ1) is 18.7. The smallest absolute Gasteiger partial charge is 0.344 e. The maximum absolute atomic E-state index is 12.0. The van der Waals surface area contributed by atoms with E-state index >= 15 is 0 Å². The van der Waals surface area contributed by atoms with Gasteiger partial charge in [-0.25, -0.2) is 4.79 Å². The Labute approximate surface area is 153 Å². The summed E-state index contributed by atoms with van der Waals surface area (Å²) in [6, 6.07) is 13.5. The molecule has 1 atom stereocenters. The van der Waals surface area contributed by atoms with E-state index in [0.717, 1.165) is 4.47 Å². The van der Waals surface area contributed by atoms with Crippen molar-refractivity contribution in [2.75, 3.05) is 11.9 Å². The summed E-state index contributed by atoms with van der Waals surface area (Å²) in [6.45, 7) is 1.06. The van der Waals surface area contributed by atoms with Crippen molar-refractivity contribution in [2.24, 2.45) is 0 Å². The molecule has 0 saturated heterocycles. The second-order valence-corrected chi connectivity index (χ2v) is 5.99. The molecule has 2 aromatic carbocycles. The summed E-state index contributed by atoms with van der Waals surface area (Å²) < 4.78 is 11.2. The van der Waals surface area contributed by atoms with Crippen molar-refractivity contribution in [1.82, 2.24) is 0 Å². The first-order valence-electron chi connectivity index (χ1n) is 7.42. The third-order valence-electron chi connectivity index (χ3n) is 3.18. The van der Waals surface area contributed by atoms with Gasteiger partial charge in [0.05, 0.1) is 5.56 Å². The minimum absolute atomic E-state index is 0.279. The number of nitrogens with one attached hydrogen (secondary N) is 1. The molecule has 0 aromatic heterocycles. The highest BCUT2D eigenvalue weighted by Crippen LogP contribution is 2.16. The molecule has 0 saturated carbocycles. The lowest BCUT2D eigenvalue weighted by Crippen LogP contribution is -2.31. The lowest BCUT2D eigenvalue weighted by Gasteiger charge is -2.14. The van der Waals surface area contributed by atoms with Crippen molar-refractivity contribution >= 4 is 39.8 Å². The Morgan fingerprint density at radius 2 is 1.84 bits per heavy atom. The quantitative estimate of drug-likeness (QED) is 0.564. The molecule has 25 heavy (non-hydrogen) atoms. The molecule has 1 N–H and O–H groups in total. The number of esters is 1. The molecule has 0 bridgehead atoms. The minimum Gasteiger partial charge on any atom is -0.481 e. The monoisotopic (exact) mass is 405 g/mol. The highest BCUT2D eigenvalue weighted by Gasteiger charge is 2.18. The summed E-state index contributed by atoms with van der Waals surface area (Å²) in [5.74, 6) is -0.885. The molecule has 130 valence electrons. The summed E-state index contributed by atoms with van der Waals surface area (Å²) in [7, 11) is 0. The molecule has 0 aliphatic heterocycles. The lowest BCUT2D eigenvalue weighted by atomic mass is 10.2. The van der Waals surface area contributed by atoms with E-state index in [1.807, 2.05) is 0 Å². The van der Waals surface area contributed by atoms with E-state index in [1.54, 1.807) is 48.5 Å². The molecule has 7 heteroatoms. The Morgan fingerprint density at radius 3 is 2.52 bits per heavy atom. The van der Waals surface area contributed by atoms with Gasteiger partial charge < -0.3 is 14.8 Å². The highest BCUT2D eigenvalue weighted by atomic mass is 79.9. The summed E-state index contributed by atoms with van der Waals surface area (Å²) in [5.41, 5.74) is 0.920. The van der Waals surface area contributed by atoms with Gasteiger partial charge >= 0.3 is 5.97 Å². The molecule has 6 nitrogen and oxygen atoms in total. The van der Waals surface area contributed by atoms with Crippen molar-refractivity contribution in [1.29, 1.82) is 0 Å². The van der Waals surface area contributed by atoms with Crippen LogP contribution in [0.2, 0.25) is 0 Å². The van der Waals surface area contributed by atoms with Crippen molar-refractivity contribution < 1.29 is 23.9 Å². The molecule has 2 aromatic rings. The Morgan fingerprint density at radius 1 is 1.16 bits per heavy atom.